The summed E-state index contributed by atoms with van der Waals surface area (Å²) in [6, 6.07) is 0. The van der Waals surface area contributed by atoms with Crippen molar-refractivity contribution < 1.29 is 8.42 Å². The predicted octanol–water partition coefficient (Wildman–Crippen LogP) is -0.703. The van der Waals surface area contributed by atoms with E-state index in [1.54, 1.807) is 0 Å². The Morgan fingerprint density at radius 1 is 1.50 bits per heavy atom. The van der Waals surface area contributed by atoms with Gasteiger partial charge in [0.15, 0.2) is 9.84 Å². The Kier molecular flexibility index (Phi) is 1.49. The summed E-state index contributed by atoms with van der Waals surface area (Å²) in [4.78, 5) is 0. The zero-order valence-electron chi connectivity index (χ0n) is 6.37. The molecule has 0 bridgehead atoms. The van der Waals surface area contributed by atoms with Gasteiger partial charge in [0.25, 0.3) is 0 Å². The summed E-state index contributed by atoms with van der Waals surface area (Å²) in [5.41, 5.74) is 7.53. The molecule has 2 heterocycles. The highest BCUT2D eigenvalue weighted by atomic mass is 32.2. The number of nitrogens with two attached hydrogens (primary N) is 1. The lowest BCUT2D eigenvalue weighted by atomic mass is 10.2. The highest BCUT2D eigenvalue weighted by Crippen LogP contribution is 2.25. The summed E-state index contributed by atoms with van der Waals surface area (Å²) >= 11 is 0. The van der Waals surface area contributed by atoms with Gasteiger partial charge in [-0.2, -0.15) is 5.10 Å². The van der Waals surface area contributed by atoms with Gasteiger partial charge in [-0.05, 0) is 0 Å². The number of aromatic amines is 1. The molecule has 5 nitrogen and oxygen atoms in total. The maximum Gasteiger partial charge on any atom is 0.160 e. The number of H-pyrrole nitrogens is 1. The van der Waals surface area contributed by atoms with Crippen molar-refractivity contribution in [2.45, 2.75) is 18.1 Å². The van der Waals surface area contributed by atoms with Crippen LogP contribution in [-0.4, -0.2) is 18.6 Å². The van der Waals surface area contributed by atoms with Crippen LogP contribution < -0.4 is 5.73 Å². The van der Waals surface area contributed by atoms with E-state index >= 15 is 0 Å². The van der Waals surface area contributed by atoms with Gasteiger partial charge in [0.2, 0.25) is 0 Å². The normalized spacial score (nSPS) is 19.4. The maximum atomic E-state index is 11.1. The van der Waals surface area contributed by atoms with Gasteiger partial charge in [-0.3, -0.25) is 5.10 Å². The van der Waals surface area contributed by atoms with Gasteiger partial charge >= 0.3 is 0 Å². The van der Waals surface area contributed by atoms with Crippen LogP contribution in [0.5, 0.6) is 0 Å². The molecule has 0 saturated heterocycles. The molecule has 66 valence electrons. The fraction of sp³-hybridized carbons (Fsp3) is 0.500. The highest BCUT2D eigenvalue weighted by molar-refractivity contribution is 7.90. The second kappa shape index (κ2) is 2.30. The Labute approximate surface area is 69.9 Å². The van der Waals surface area contributed by atoms with Gasteiger partial charge in [-0.15, -0.1) is 0 Å². The van der Waals surface area contributed by atoms with Crippen molar-refractivity contribution in [2.75, 3.05) is 0 Å². The molecule has 12 heavy (non-hydrogen) atoms. The molecule has 1 aliphatic rings. The largest absolute Gasteiger partial charge is 0.325 e. The van der Waals surface area contributed by atoms with Gasteiger partial charge in [0.05, 0.1) is 22.9 Å². The van der Waals surface area contributed by atoms with Crippen LogP contribution in [0.25, 0.3) is 0 Å². The van der Waals surface area contributed by atoms with Gasteiger partial charge in [0.1, 0.15) is 0 Å². The molecular formula is C6H9N3O2S. The van der Waals surface area contributed by atoms with Crippen molar-refractivity contribution in [2.24, 2.45) is 5.73 Å². The molecule has 1 aromatic heterocycles. The predicted molar refractivity (Wildman–Crippen MR) is 42.8 cm³/mol. The minimum atomic E-state index is -2.92. The number of fused-ring (bicyclic) bond motifs is 1. The lowest BCUT2D eigenvalue weighted by Gasteiger charge is -1.91. The molecule has 6 heteroatoms. The van der Waals surface area contributed by atoms with Gasteiger partial charge in [-0.1, -0.05) is 0 Å². The molecule has 0 unspecified atom stereocenters. The highest BCUT2D eigenvalue weighted by Gasteiger charge is 2.28. The Balaban J connectivity index is 2.50. The summed E-state index contributed by atoms with van der Waals surface area (Å²) in [5, 5.41) is 6.59. The molecule has 0 amide bonds. The van der Waals surface area contributed by atoms with Crippen molar-refractivity contribution in [1.29, 1.82) is 0 Å². The van der Waals surface area contributed by atoms with Crippen molar-refractivity contribution in [3.05, 3.63) is 17.0 Å². The molecule has 0 radical (unpaired) electrons. The zero-order chi connectivity index (χ0) is 8.77. The summed E-state index contributed by atoms with van der Waals surface area (Å²) < 4.78 is 22.3. The quantitative estimate of drug-likeness (QED) is 0.608. The Bertz CT molecular complexity index is 406. The number of hydrogen-bond donors (Lipinski definition) is 2. The number of rotatable bonds is 1. The maximum absolute atomic E-state index is 11.1. The molecule has 0 fully saturated rings. The van der Waals surface area contributed by atoms with Crippen LogP contribution in [0.2, 0.25) is 0 Å². The Morgan fingerprint density at radius 3 is 2.92 bits per heavy atom. The van der Waals surface area contributed by atoms with E-state index in [2.05, 4.69) is 10.2 Å². The van der Waals surface area contributed by atoms with Crippen LogP contribution in [0.4, 0.5) is 0 Å². The molecule has 0 aliphatic carbocycles. The summed E-state index contributed by atoms with van der Waals surface area (Å²) in [6.07, 6.45) is 0. The Morgan fingerprint density at radius 2 is 2.25 bits per heavy atom. The van der Waals surface area contributed by atoms with Crippen molar-refractivity contribution in [3.63, 3.8) is 0 Å². The lowest BCUT2D eigenvalue weighted by molar-refractivity contribution is 0.597. The standard InChI is InChI=1S/C6H9N3O2S/c7-1-5-4-2-12(10,11)3-6(4)9-8-5/h1-3,7H2,(H,8,9). The van der Waals surface area contributed by atoms with E-state index < -0.39 is 9.84 Å². The van der Waals surface area contributed by atoms with Crippen LogP contribution in [0.1, 0.15) is 17.0 Å². The third kappa shape index (κ3) is 1.03. The van der Waals surface area contributed by atoms with Gasteiger partial charge in [-0.25, -0.2) is 8.42 Å². The third-order valence-corrected chi connectivity index (χ3v) is 3.42. The van der Waals surface area contributed by atoms with E-state index in [-0.39, 0.29) is 11.5 Å². The first-order valence-electron chi connectivity index (χ1n) is 3.58. The lowest BCUT2D eigenvalue weighted by Crippen LogP contribution is -2.03. The summed E-state index contributed by atoms with van der Waals surface area (Å²) in [7, 11) is -2.92. The topological polar surface area (TPSA) is 88.8 Å². The molecule has 0 aromatic carbocycles. The average Bonchev–Trinajstić information content (AvgIpc) is 2.42. The first kappa shape index (κ1) is 7.75. The van der Waals surface area contributed by atoms with E-state index in [9.17, 15) is 8.42 Å². The van der Waals surface area contributed by atoms with Crippen LogP contribution >= 0.6 is 0 Å². The van der Waals surface area contributed by atoms with Gasteiger partial charge in [0, 0.05) is 12.1 Å². The molecule has 0 spiro atoms. The second-order valence-corrected chi connectivity index (χ2v) is 4.93. The SMILES string of the molecule is NCc1n[nH]c2c1CS(=O)(=O)C2. The van der Waals surface area contributed by atoms with E-state index in [4.69, 9.17) is 5.73 Å². The third-order valence-electron chi connectivity index (χ3n) is 1.96. The molecule has 0 atom stereocenters. The van der Waals surface area contributed by atoms with E-state index in [0.717, 1.165) is 5.56 Å². The number of sulfone groups is 1. The zero-order valence-corrected chi connectivity index (χ0v) is 7.19. The minimum Gasteiger partial charge on any atom is -0.325 e. The van der Waals surface area contributed by atoms with E-state index in [1.807, 2.05) is 0 Å². The fourth-order valence-corrected chi connectivity index (χ4v) is 2.95. The minimum absolute atomic E-state index is 0.0787. The van der Waals surface area contributed by atoms with E-state index in [0.29, 0.717) is 17.9 Å². The van der Waals surface area contributed by atoms with Gasteiger partial charge < -0.3 is 5.73 Å². The van der Waals surface area contributed by atoms with Crippen molar-refractivity contribution in [3.8, 4) is 0 Å². The monoisotopic (exact) mass is 187 g/mol. The fourth-order valence-electron chi connectivity index (χ4n) is 1.39. The first-order valence-corrected chi connectivity index (χ1v) is 5.40. The van der Waals surface area contributed by atoms with Crippen LogP contribution in [0.3, 0.4) is 0 Å². The number of nitrogens with one attached hydrogen (secondary N) is 1. The Hall–Kier alpha value is -0.880. The molecule has 1 aromatic rings. The number of nitrogens with zero attached hydrogens (tertiary/aromatic N) is 1. The summed E-state index contributed by atoms with van der Waals surface area (Å²) in [5.74, 6) is 0.167. The van der Waals surface area contributed by atoms with Crippen LogP contribution in [0, 0.1) is 0 Å². The molecule has 0 saturated carbocycles. The van der Waals surface area contributed by atoms with Crippen LogP contribution in [0.15, 0.2) is 0 Å². The molecule has 3 N–H and O–H groups in total. The van der Waals surface area contributed by atoms with E-state index in [1.165, 1.54) is 0 Å². The smallest absolute Gasteiger partial charge is 0.160 e. The second-order valence-electron chi connectivity index (χ2n) is 2.86. The van der Waals surface area contributed by atoms with Crippen LogP contribution in [-0.2, 0) is 27.9 Å². The molecular weight excluding hydrogens is 178 g/mol. The molecule has 1 aliphatic heterocycles. The molecule has 2 rings (SSSR count). The number of hydrogen-bond acceptors (Lipinski definition) is 4. The number of aromatic nitrogens is 2. The van der Waals surface area contributed by atoms with Crippen molar-refractivity contribution in [1.82, 2.24) is 10.2 Å². The summed E-state index contributed by atoms with van der Waals surface area (Å²) in [6.45, 7) is 0.293. The average molecular weight is 187 g/mol. The first-order chi connectivity index (χ1) is 5.62. The van der Waals surface area contributed by atoms with Crippen molar-refractivity contribution >= 4 is 9.84 Å².